The third kappa shape index (κ3) is 8.29. The van der Waals surface area contributed by atoms with E-state index in [0.717, 1.165) is 41.0 Å². The molecule has 0 bridgehead atoms. The summed E-state index contributed by atoms with van der Waals surface area (Å²) in [6, 6.07) is 22.8. The lowest BCUT2D eigenvalue weighted by Gasteiger charge is -2.25. The first kappa shape index (κ1) is 34.7. The number of hydrogen-bond donors (Lipinski definition) is 1. The predicted molar refractivity (Wildman–Crippen MR) is 191 cm³/mol. The number of aromatic nitrogens is 3. The van der Waals surface area contributed by atoms with E-state index in [-0.39, 0.29) is 18.1 Å². The number of nitrogens with zero attached hydrogens (tertiary/aromatic N) is 4. The highest BCUT2D eigenvalue weighted by molar-refractivity contribution is 5.90. The average Bonchev–Trinajstić information content (AvgIpc) is 3.12. The molecule has 0 aliphatic carbocycles. The summed E-state index contributed by atoms with van der Waals surface area (Å²) in [4.78, 5) is 38.4. The number of hydrogen-bond acceptors (Lipinski definition) is 10. The van der Waals surface area contributed by atoms with Gasteiger partial charge in [0.1, 0.15) is 28.5 Å². The van der Waals surface area contributed by atoms with Crippen LogP contribution in [0.25, 0.3) is 10.9 Å². The molecule has 5 rings (SSSR count). The molecule has 5 aromatic rings. The molecule has 11 heteroatoms. The maximum absolute atomic E-state index is 14.2. The number of carbonyl (C=O) groups is 1. The maximum atomic E-state index is 14.2. The fourth-order valence-corrected chi connectivity index (χ4v) is 5.68. The molecule has 3 aromatic carbocycles. The van der Waals surface area contributed by atoms with Crippen LogP contribution < -0.4 is 30.0 Å². The lowest BCUT2D eigenvalue weighted by atomic mass is 10.1. The minimum absolute atomic E-state index is 0.0617. The van der Waals surface area contributed by atoms with Gasteiger partial charge in [-0.05, 0) is 66.9 Å². The summed E-state index contributed by atoms with van der Waals surface area (Å²) in [6.07, 6.45) is 3.59. The van der Waals surface area contributed by atoms with Crippen LogP contribution in [-0.4, -0.2) is 55.0 Å². The fourth-order valence-electron chi connectivity index (χ4n) is 5.68. The van der Waals surface area contributed by atoms with Crippen molar-refractivity contribution < 1.29 is 23.7 Å². The van der Waals surface area contributed by atoms with Crippen LogP contribution in [0.1, 0.15) is 53.7 Å². The molecular formula is C38H43N5O6. The average molecular weight is 666 g/mol. The van der Waals surface area contributed by atoms with E-state index in [4.69, 9.17) is 28.9 Å². The van der Waals surface area contributed by atoms with Crippen molar-refractivity contribution in [2.75, 3.05) is 38.7 Å². The van der Waals surface area contributed by atoms with Crippen molar-refractivity contribution in [1.82, 2.24) is 14.5 Å². The van der Waals surface area contributed by atoms with E-state index in [1.54, 1.807) is 43.2 Å². The molecule has 0 unspecified atom stereocenters. The van der Waals surface area contributed by atoms with E-state index in [1.165, 1.54) is 14.2 Å². The molecule has 0 spiro atoms. The zero-order chi connectivity index (χ0) is 34.9. The van der Waals surface area contributed by atoms with Gasteiger partial charge in [-0.1, -0.05) is 43.7 Å². The summed E-state index contributed by atoms with van der Waals surface area (Å²) in [5.41, 5.74) is 3.48. The second-order valence-electron chi connectivity index (χ2n) is 11.8. The summed E-state index contributed by atoms with van der Waals surface area (Å²) in [7, 11) is 6.15. The van der Waals surface area contributed by atoms with Gasteiger partial charge in [-0.2, -0.15) is 4.98 Å². The topological polar surface area (TPSA) is 117 Å². The molecule has 0 fully saturated rings. The normalized spacial score (nSPS) is 11.6. The monoisotopic (exact) mass is 665 g/mol. The van der Waals surface area contributed by atoms with Crippen molar-refractivity contribution in [2.24, 2.45) is 0 Å². The van der Waals surface area contributed by atoms with Crippen molar-refractivity contribution in [2.45, 2.75) is 52.4 Å². The smallest absolute Gasteiger partial charge is 0.337 e. The molecule has 1 N–H and O–H groups in total. The second kappa shape index (κ2) is 16.0. The summed E-state index contributed by atoms with van der Waals surface area (Å²) >= 11 is 0. The SMILES string of the molecule is CCC[C@@H](C)Nc1nc(N(Cc2ccc(OC)cc2)Cc2ccc(OC)cc2)nc2ccn(Cc3ccc(C(=O)OC)cc3OC)c(=O)c12. The maximum Gasteiger partial charge on any atom is 0.337 e. The number of rotatable bonds is 15. The van der Waals surface area contributed by atoms with E-state index in [1.807, 2.05) is 54.6 Å². The van der Waals surface area contributed by atoms with Crippen molar-refractivity contribution in [3.8, 4) is 17.2 Å². The Balaban J connectivity index is 1.59. The minimum atomic E-state index is -0.467. The Labute approximate surface area is 286 Å². The lowest BCUT2D eigenvalue weighted by molar-refractivity contribution is 0.0600. The number of esters is 1. The van der Waals surface area contributed by atoms with Crippen LogP contribution in [0.4, 0.5) is 11.8 Å². The van der Waals surface area contributed by atoms with Crippen molar-refractivity contribution >= 4 is 28.6 Å². The highest BCUT2D eigenvalue weighted by atomic mass is 16.5. The standard InChI is InChI=1S/C38H43N5O6/c1-7-8-25(2)39-35-34-32(19-20-42(36(34)44)24-29-14-13-28(37(45)49-6)21-33(29)48-5)40-38(41-35)43(22-26-9-15-30(46-3)16-10-26)23-27-11-17-31(47-4)18-12-27/h9-21,25H,7-8,22-24H2,1-6H3,(H,39,40,41)/t25-/m1/s1. The lowest BCUT2D eigenvalue weighted by Crippen LogP contribution is -2.28. The zero-order valence-corrected chi connectivity index (χ0v) is 28.9. The quantitative estimate of drug-likeness (QED) is 0.125. The molecule has 0 aliphatic rings. The number of ether oxygens (including phenoxy) is 4. The molecule has 0 saturated carbocycles. The van der Waals surface area contributed by atoms with Gasteiger partial charge in [-0.25, -0.2) is 9.78 Å². The third-order valence-corrected chi connectivity index (χ3v) is 8.31. The molecule has 0 aliphatic heterocycles. The number of pyridine rings is 1. The number of nitrogens with one attached hydrogen (secondary N) is 1. The first-order valence-electron chi connectivity index (χ1n) is 16.2. The van der Waals surface area contributed by atoms with Crippen LogP contribution in [0.2, 0.25) is 0 Å². The van der Waals surface area contributed by atoms with Crippen molar-refractivity contribution in [3.05, 3.63) is 112 Å². The summed E-state index contributed by atoms with van der Waals surface area (Å²) < 4.78 is 22.8. The molecule has 0 radical (unpaired) electrons. The Kier molecular flexibility index (Phi) is 11.4. The molecule has 0 amide bonds. The van der Waals surface area contributed by atoms with Crippen molar-refractivity contribution in [3.63, 3.8) is 0 Å². The van der Waals surface area contributed by atoms with Gasteiger partial charge >= 0.3 is 5.97 Å². The van der Waals surface area contributed by atoms with Gasteiger partial charge < -0.3 is 33.7 Å². The minimum Gasteiger partial charge on any atom is -0.497 e. The van der Waals surface area contributed by atoms with Gasteiger partial charge in [0.05, 0.1) is 46.1 Å². The Morgan fingerprint density at radius 3 is 2.04 bits per heavy atom. The van der Waals surface area contributed by atoms with Gasteiger partial charge in [-0.15, -0.1) is 0 Å². The highest BCUT2D eigenvalue weighted by Crippen LogP contribution is 2.27. The molecule has 256 valence electrons. The fraction of sp³-hybridized carbons (Fsp3) is 0.316. The van der Waals surface area contributed by atoms with E-state index < -0.39 is 5.97 Å². The second-order valence-corrected chi connectivity index (χ2v) is 11.8. The molecule has 2 heterocycles. The first-order chi connectivity index (χ1) is 23.8. The zero-order valence-electron chi connectivity index (χ0n) is 28.9. The molecule has 49 heavy (non-hydrogen) atoms. The van der Waals surface area contributed by atoms with Crippen LogP contribution in [0.3, 0.4) is 0 Å². The van der Waals surface area contributed by atoms with Gasteiger partial charge in [-0.3, -0.25) is 4.79 Å². The van der Waals surface area contributed by atoms with Crippen molar-refractivity contribution in [1.29, 1.82) is 0 Å². The van der Waals surface area contributed by atoms with Crippen LogP contribution in [-0.2, 0) is 24.4 Å². The highest BCUT2D eigenvalue weighted by Gasteiger charge is 2.20. The van der Waals surface area contributed by atoms with E-state index in [2.05, 4.69) is 24.1 Å². The Morgan fingerprint density at radius 2 is 1.49 bits per heavy atom. The summed E-state index contributed by atoms with van der Waals surface area (Å²) in [6.45, 7) is 5.46. The van der Waals surface area contributed by atoms with Crippen LogP contribution in [0.5, 0.6) is 17.2 Å². The van der Waals surface area contributed by atoms with E-state index in [0.29, 0.717) is 47.1 Å². The Morgan fingerprint density at radius 1 is 0.857 bits per heavy atom. The van der Waals surface area contributed by atoms with Gasteiger partial charge in [0.15, 0.2) is 0 Å². The number of benzene rings is 3. The van der Waals surface area contributed by atoms with Crippen LogP contribution in [0, 0.1) is 0 Å². The number of methoxy groups -OCH3 is 4. The van der Waals surface area contributed by atoms with Gasteiger partial charge in [0.2, 0.25) is 5.95 Å². The summed E-state index contributed by atoms with van der Waals surface area (Å²) in [5, 5.41) is 3.92. The number of fused-ring (bicyclic) bond motifs is 1. The largest absolute Gasteiger partial charge is 0.497 e. The van der Waals surface area contributed by atoms with Crippen LogP contribution in [0.15, 0.2) is 83.8 Å². The molecule has 2 aromatic heterocycles. The summed E-state index contributed by atoms with van der Waals surface area (Å²) in [5.74, 6) is 2.52. The number of carbonyl (C=O) groups excluding carboxylic acids is 1. The molecule has 0 saturated heterocycles. The molecule has 1 atom stereocenters. The third-order valence-electron chi connectivity index (χ3n) is 8.31. The molecular weight excluding hydrogens is 622 g/mol. The Hall–Kier alpha value is -5.58. The van der Waals surface area contributed by atoms with E-state index in [9.17, 15) is 9.59 Å². The van der Waals surface area contributed by atoms with E-state index >= 15 is 0 Å². The first-order valence-corrected chi connectivity index (χ1v) is 16.2. The number of anilines is 2. The Bertz CT molecular complexity index is 1890. The molecule has 11 nitrogen and oxygen atoms in total. The van der Waals surface area contributed by atoms with Crippen LogP contribution >= 0.6 is 0 Å². The predicted octanol–water partition coefficient (Wildman–Crippen LogP) is 6.46. The van der Waals surface area contributed by atoms with Gasteiger partial charge in [0, 0.05) is 30.9 Å². The van der Waals surface area contributed by atoms with Gasteiger partial charge in [0.25, 0.3) is 5.56 Å².